The Labute approximate surface area is 214 Å². The Morgan fingerprint density at radius 3 is 2.46 bits per heavy atom. The largest absolute Gasteiger partial charge is 0.444 e. The summed E-state index contributed by atoms with van der Waals surface area (Å²) >= 11 is 0. The highest BCUT2D eigenvalue weighted by molar-refractivity contribution is 5.83. The van der Waals surface area contributed by atoms with Crippen LogP contribution in [0.3, 0.4) is 0 Å². The van der Waals surface area contributed by atoms with Crippen molar-refractivity contribution in [1.29, 1.82) is 0 Å². The van der Waals surface area contributed by atoms with E-state index in [0.717, 1.165) is 44.8 Å². The minimum atomic E-state index is -0.970. The average Bonchev–Trinajstić information content (AvgIpc) is 3.51. The average molecular weight is 517 g/mol. The summed E-state index contributed by atoms with van der Waals surface area (Å²) in [7, 11) is 0. The monoisotopic (exact) mass is 516 g/mol. The van der Waals surface area contributed by atoms with E-state index in [2.05, 4.69) is 20.1 Å². The van der Waals surface area contributed by atoms with Crippen molar-refractivity contribution in [3.63, 3.8) is 0 Å². The van der Waals surface area contributed by atoms with Gasteiger partial charge in [0, 0.05) is 30.4 Å². The standard InChI is InChI=1S/C26H34F2N6O3/c1-5-20-18-6-7-19(27)21(28)22(18)34(30-20)24-29-23(37-31-24)16-8-12-32(13-9-16)17-10-14-33(15-11-17)25(35)36-26(2,3)4/h6-7,16-17H,5,8-15H2,1-4H3. The second-order valence-electron chi connectivity index (χ2n) is 10.9. The molecule has 0 radical (unpaired) electrons. The molecule has 4 heterocycles. The maximum Gasteiger partial charge on any atom is 0.410 e. The number of benzene rings is 1. The number of carbonyl (C=O) groups is 1. The molecule has 2 saturated heterocycles. The predicted octanol–water partition coefficient (Wildman–Crippen LogP) is 4.83. The summed E-state index contributed by atoms with van der Waals surface area (Å²) in [6, 6.07) is 3.07. The van der Waals surface area contributed by atoms with Gasteiger partial charge >= 0.3 is 6.09 Å². The first-order valence-electron chi connectivity index (χ1n) is 13.1. The number of likely N-dealkylation sites (tertiary alicyclic amines) is 2. The van der Waals surface area contributed by atoms with Crippen LogP contribution in [0, 0.1) is 11.6 Å². The van der Waals surface area contributed by atoms with Gasteiger partial charge in [-0.2, -0.15) is 14.8 Å². The van der Waals surface area contributed by atoms with Crippen molar-refractivity contribution >= 4 is 17.0 Å². The van der Waals surface area contributed by atoms with Crippen LogP contribution in [0.2, 0.25) is 0 Å². The summed E-state index contributed by atoms with van der Waals surface area (Å²) in [5.74, 6) is -1.21. The first kappa shape index (κ1) is 25.6. The van der Waals surface area contributed by atoms with E-state index in [0.29, 0.717) is 42.5 Å². The van der Waals surface area contributed by atoms with Gasteiger partial charge in [-0.1, -0.05) is 6.92 Å². The predicted molar refractivity (Wildman–Crippen MR) is 133 cm³/mol. The quantitative estimate of drug-likeness (QED) is 0.491. The smallest absolute Gasteiger partial charge is 0.410 e. The van der Waals surface area contributed by atoms with E-state index in [-0.39, 0.29) is 23.5 Å². The van der Waals surface area contributed by atoms with Crippen molar-refractivity contribution in [3.8, 4) is 5.95 Å². The van der Waals surface area contributed by atoms with Crippen LogP contribution in [0.1, 0.15) is 70.9 Å². The molecule has 0 aliphatic carbocycles. The number of hydrogen-bond donors (Lipinski definition) is 0. The number of aryl methyl sites for hydroxylation is 1. The number of ether oxygens (including phenoxy) is 1. The van der Waals surface area contributed by atoms with Crippen molar-refractivity contribution in [1.82, 2.24) is 29.7 Å². The number of amides is 1. The van der Waals surface area contributed by atoms with Gasteiger partial charge < -0.3 is 19.1 Å². The van der Waals surface area contributed by atoms with Crippen LogP contribution in [0.5, 0.6) is 0 Å². The van der Waals surface area contributed by atoms with Crippen LogP contribution < -0.4 is 0 Å². The zero-order chi connectivity index (χ0) is 26.3. The Morgan fingerprint density at radius 1 is 1.11 bits per heavy atom. The molecule has 3 aromatic rings. The minimum absolute atomic E-state index is 0.0248. The second kappa shape index (κ2) is 10.00. The number of halogens is 2. The lowest BCUT2D eigenvalue weighted by atomic mass is 9.93. The summed E-state index contributed by atoms with van der Waals surface area (Å²) in [5.41, 5.74) is 0.181. The number of carbonyl (C=O) groups excluding carboxylic acids is 1. The molecule has 5 rings (SSSR count). The first-order valence-corrected chi connectivity index (χ1v) is 13.1. The molecule has 2 fully saturated rings. The van der Waals surface area contributed by atoms with Crippen LogP contribution in [0.25, 0.3) is 16.9 Å². The van der Waals surface area contributed by atoms with Gasteiger partial charge in [0.05, 0.1) is 5.69 Å². The molecule has 1 aromatic carbocycles. The molecule has 0 saturated carbocycles. The highest BCUT2D eigenvalue weighted by atomic mass is 19.2. The summed E-state index contributed by atoms with van der Waals surface area (Å²) in [5, 5.41) is 9.02. The summed E-state index contributed by atoms with van der Waals surface area (Å²) in [6.45, 7) is 10.7. The van der Waals surface area contributed by atoms with Crippen LogP contribution in [0.15, 0.2) is 16.7 Å². The van der Waals surface area contributed by atoms with Crippen molar-refractivity contribution in [2.24, 2.45) is 0 Å². The van der Waals surface area contributed by atoms with Gasteiger partial charge in [0.2, 0.25) is 5.89 Å². The molecule has 2 aromatic heterocycles. The van der Waals surface area contributed by atoms with Crippen LogP contribution in [-0.2, 0) is 11.2 Å². The number of aromatic nitrogens is 4. The molecule has 0 bridgehead atoms. The van der Waals surface area contributed by atoms with E-state index in [9.17, 15) is 13.6 Å². The van der Waals surface area contributed by atoms with Crippen LogP contribution >= 0.6 is 0 Å². The summed E-state index contributed by atoms with van der Waals surface area (Å²) in [4.78, 5) is 21.2. The maximum absolute atomic E-state index is 14.7. The molecule has 11 heteroatoms. The molecule has 0 unspecified atom stereocenters. The molecule has 9 nitrogen and oxygen atoms in total. The SMILES string of the molecule is CCc1nn(-c2noc(C3CCN(C4CCN(C(=O)OC(C)(C)C)CC4)CC3)n2)c2c(F)c(F)ccc12. The molecule has 2 aliphatic heterocycles. The molecule has 1 amide bonds. The van der Waals surface area contributed by atoms with E-state index in [4.69, 9.17) is 9.26 Å². The molecular formula is C26H34F2N6O3. The van der Waals surface area contributed by atoms with E-state index in [1.807, 2.05) is 27.7 Å². The van der Waals surface area contributed by atoms with Gasteiger partial charge in [-0.3, -0.25) is 0 Å². The first-order chi connectivity index (χ1) is 17.6. The van der Waals surface area contributed by atoms with Crippen molar-refractivity contribution < 1.29 is 22.8 Å². The van der Waals surface area contributed by atoms with Crippen molar-refractivity contribution in [3.05, 3.63) is 35.4 Å². The number of hydrogen-bond acceptors (Lipinski definition) is 7. The van der Waals surface area contributed by atoms with Gasteiger partial charge in [-0.15, -0.1) is 0 Å². The Morgan fingerprint density at radius 2 is 1.81 bits per heavy atom. The lowest BCUT2D eigenvalue weighted by molar-refractivity contribution is 0.0124. The Bertz CT molecular complexity index is 1270. The third-order valence-electron chi connectivity index (χ3n) is 7.28. The van der Waals surface area contributed by atoms with Gasteiger partial charge in [-0.05, 0) is 83.3 Å². The fourth-order valence-corrected chi connectivity index (χ4v) is 5.34. The lowest BCUT2D eigenvalue weighted by Crippen LogP contribution is -2.49. The molecule has 0 N–H and O–H groups in total. The van der Waals surface area contributed by atoms with Crippen LogP contribution in [0.4, 0.5) is 13.6 Å². The zero-order valence-corrected chi connectivity index (χ0v) is 21.8. The third kappa shape index (κ3) is 5.18. The van der Waals surface area contributed by atoms with Gasteiger partial charge in [0.1, 0.15) is 11.1 Å². The van der Waals surface area contributed by atoms with Gasteiger partial charge in [-0.25, -0.2) is 13.6 Å². The second-order valence-corrected chi connectivity index (χ2v) is 10.9. The normalized spacial score (nSPS) is 18.6. The molecule has 37 heavy (non-hydrogen) atoms. The van der Waals surface area contributed by atoms with Gasteiger partial charge in [0.15, 0.2) is 11.6 Å². The highest BCUT2D eigenvalue weighted by Gasteiger charge is 2.33. The summed E-state index contributed by atoms with van der Waals surface area (Å²) in [6.07, 6.45) is 3.88. The van der Waals surface area contributed by atoms with E-state index in [1.165, 1.54) is 10.7 Å². The number of nitrogens with zero attached hydrogens (tertiary/aromatic N) is 6. The molecule has 200 valence electrons. The van der Waals surface area contributed by atoms with Gasteiger partial charge in [0.25, 0.3) is 5.95 Å². The Balaban J connectivity index is 1.21. The zero-order valence-electron chi connectivity index (χ0n) is 21.8. The molecule has 0 atom stereocenters. The number of fused-ring (bicyclic) bond motifs is 1. The molecular weight excluding hydrogens is 482 g/mol. The summed E-state index contributed by atoms with van der Waals surface area (Å²) < 4.78 is 40.9. The number of rotatable bonds is 4. The molecule has 2 aliphatic rings. The number of piperidine rings is 2. The third-order valence-corrected chi connectivity index (χ3v) is 7.28. The van der Waals surface area contributed by atoms with E-state index >= 15 is 0 Å². The van der Waals surface area contributed by atoms with Crippen molar-refractivity contribution in [2.75, 3.05) is 26.2 Å². The Hall–Kier alpha value is -3.08. The van der Waals surface area contributed by atoms with E-state index < -0.39 is 17.2 Å². The van der Waals surface area contributed by atoms with Crippen molar-refractivity contribution in [2.45, 2.75) is 77.4 Å². The highest BCUT2D eigenvalue weighted by Crippen LogP contribution is 2.31. The molecule has 0 spiro atoms. The van der Waals surface area contributed by atoms with E-state index in [1.54, 1.807) is 4.90 Å². The Kier molecular flexibility index (Phi) is 6.91. The fraction of sp³-hybridized carbons (Fsp3) is 0.615. The maximum atomic E-state index is 14.7. The lowest BCUT2D eigenvalue weighted by Gasteiger charge is -2.41. The minimum Gasteiger partial charge on any atom is -0.444 e. The topological polar surface area (TPSA) is 89.5 Å². The van der Waals surface area contributed by atoms with Crippen LogP contribution in [-0.4, -0.2) is 73.6 Å². The fourth-order valence-electron chi connectivity index (χ4n) is 5.34.